The number of esters is 2. The molecule has 1 heterocycles. The van der Waals surface area contributed by atoms with Crippen molar-refractivity contribution < 1.29 is 19.1 Å². The van der Waals surface area contributed by atoms with Crippen LogP contribution in [0, 0.1) is 0 Å². The first kappa shape index (κ1) is 20.4. The predicted molar refractivity (Wildman–Crippen MR) is 107 cm³/mol. The number of carbonyl (C=O) groups is 2. The largest absolute Gasteiger partial charge is 0.465 e. The Labute approximate surface area is 167 Å². The van der Waals surface area contributed by atoms with Gasteiger partial charge < -0.3 is 9.47 Å². The standard InChI is InChI=1S/C20H24N2O5S/c1-3-27-17(23)12-28-20-21-16-11-13(19(25)26-2)9-10-15(16)18(24)22(20)14-7-5-4-6-8-14/h9-11,14H,3-8,12H2,1-2H3. The smallest absolute Gasteiger partial charge is 0.337 e. The van der Waals surface area contributed by atoms with E-state index in [1.54, 1.807) is 29.7 Å². The van der Waals surface area contributed by atoms with Gasteiger partial charge in [-0.2, -0.15) is 0 Å². The highest BCUT2D eigenvalue weighted by Crippen LogP contribution is 2.31. The average molecular weight is 404 g/mol. The summed E-state index contributed by atoms with van der Waals surface area (Å²) in [4.78, 5) is 41.5. The lowest BCUT2D eigenvalue weighted by Crippen LogP contribution is -2.29. The first-order chi connectivity index (χ1) is 13.5. The first-order valence-electron chi connectivity index (χ1n) is 9.48. The molecule has 0 amide bonds. The van der Waals surface area contributed by atoms with E-state index in [0.29, 0.717) is 28.2 Å². The second kappa shape index (κ2) is 9.23. The minimum atomic E-state index is -0.485. The summed E-state index contributed by atoms with van der Waals surface area (Å²) < 4.78 is 11.5. The van der Waals surface area contributed by atoms with Gasteiger partial charge in [0.25, 0.3) is 5.56 Å². The summed E-state index contributed by atoms with van der Waals surface area (Å²) in [5.41, 5.74) is 0.615. The molecule has 0 saturated heterocycles. The lowest BCUT2D eigenvalue weighted by Gasteiger charge is -2.26. The van der Waals surface area contributed by atoms with Crippen LogP contribution in [0.2, 0.25) is 0 Å². The van der Waals surface area contributed by atoms with E-state index in [1.165, 1.54) is 25.3 Å². The third-order valence-corrected chi connectivity index (χ3v) is 5.78. The average Bonchev–Trinajstić information content (AvgIpc) is 2.72. The summed E-state index contributed by atoms with van der Waals surface area (Å²) in [7, 11) is 1.31. The molecule has 7 nitrogen and oxygen atoms in total. The van der Waals surface area contributed by atoms with Crippen LogP contribution in [0.1, 0.15) is 55.4 Å². The normalized spacial score (nSPS) is 14.8. The predicted octanol–water partition coefficient (Wildman–Crippen LogP) is 3.34. The quantitative estimate of drug-likeness (QED) is 0.414. The van der Waals surface area contributed by atoms with Crippen LogP contribution in [0.5, 0.6) is 0 Å². The van der Waals surface area contributed by atoms with E-state index in [1.807, 2.05) is 0 Å². The van der Waals surface area contributed by atoms with Gasteiger partial charge in [-0.1, -0.05) is 31.0 Å². The second-order valence-electron chi connectivity index (χ2n) is 6.68. The summed E-state index contributed by atoms with van der Waals surface area (Å²) in [6, 6.07) is 4.83. The van der Waals surface area contributed by atoms with Crippen molar-refractivity contribution in [2.24, 2.45) is 0 Å². The fourth-order valence-corrected chi connectivity index (χ4v) is 4.38. The highest BCUT2D eigenvalue weighted by Gasteiger charge is 2.23. The molecule has 0 N–H and O–H groups in total. The Balaban J connectivity index is 2.07. The maximum absolute atomic E-state index is 13.2. The van der Waals surface area contributed by atoms with Gasteiger partial charge in [0, 0.05) is 6.04 Å². The van der Waals surface area contributed by atoms with Crippen LogP contribution in [-0.4, -0.2) is 41.0 Å². The molecular weight excluding hydrogens is 380 g/mol. The van der Waals surface area contributed by atoms with Gasteiger partial charge >= 0.3 is 11.9 Å². The minimum Gasteiger partial charge on any atom is -0.465 e. The van der Waals surface area contributed by atoms with Crippen molar-refractivity contribution in [1.82, 2.24) is 9.55 Å². The molecule has 1 aromatic heterocycles. The Morgan fingerprint density at radius 2 is 2.00 bits per heavy atom. The first-order valence-corrected chi connectivity index (χ1v) is 10.5. The topological polar surface area (TPSA) is 87.5 Å². The van der Waals surface area contributed by atoms with E-state index in [9.17, 15) is 14.4 Å². The highest BCUT2D eigenvalue weighted by molar-refractivity contribution is 7.99. The second-order valence-corrected chi connectivity index (χ2v) is 7.62. The van der Waals surface area contributed by atoms with Crippen LogP contribution in [0.3, 0.4) is 0 Å². The molecule has 0 atom stereocenters. The van der Waals surface area contributed by atoms with Crippen molar-refractivity contribution in [2.75, 3.05) is 19.5 Å². The number of thioether (sulfide) groups is 1. The van der Waals surface area contributed by atoms with Crippen LogP contribution in [0.15, 0.2) is 28.2 Å². The number of aromatic nitrogens is 2. The zero-order valence-electron chi connectivity index (χ0n) is 16.1. The maximum atomic E-state index is 13.2. The monoisotopic (exact) mass is 404 g/mol. The third-order valence-electron chi connectivity index (χ3n) is 4.85. The van der Waals surface area contributed by atoms with Gasteiger partial charge in [-0.25, -0.2) is 9.78 Å². The fraction of sp³-hybridized carbons (Fsp3) is 0.500. The van der Waals surface area contributed by atoms with Crippen LogP contribution < -0.4 is 5.56 Å². The van der Waals surface area contributed by atoms with E-state index in [0.717, 1.165) is 25.7 Å². The van der Waals surface area contributed by atoms with Crippen molar-refractivity contribution in [2.45, 2.75) is 50.2 Å². The molecule has 0 spiro atoms. The Morgan fingerprint density at radius 3 is 2.68 bits per heavy atom. The number of nitrogens with zero attached hydrogens (tertiary/aromatic N) is 2. The minimum absolute atomic E-state index is 0.0723. The van der Waals surface area contributed by atoms with Gasteiger partial charge in [0.1, 0.15) is 0 Å². The van der Waals surface area contributed by atoms with Gasteiger partial charge in [-0.05, 0) is 38.0 Å². The summed E-state index contributed by atoms with van der Waals surface area (Å²) in [5, 5.41) is 0.943. The summed E-state index contributed by atoms with van der Waals surface area (Å²) in [6.45, 7) is 2.06. The van der Waals surface area contributed by atoms with Gasteiger partial charge in [0.15, 0.2) is 5.16 Å². The van der Waals surface area contributed by atoms with Gasteiger partial charge in [0.05, 0.1) is 35.9 Å². The molecule has 150 valence electrons. The fourth-order valence-electron chi connectivity index (χ4n) is 3.51. The van der Waals surface area contributed by atoms with E-state index in [-0.39, 0.29) is 23.3 Å². The van der Waals surface area contributed by atoms with E-state index < -0.39 is 5.97 Å². The van der Waals surface area contributed by atoms with Crippen molar-refractivity contribution in [3.05, 3.63) is 34.1 Å². The molecule has 1 fully saturated rings. The number of hydrogen-bond donors (Lipinski definition) is 0. The van der Waals surface area contributed by atoms with Crippen molar-refractivity contribution >= 4 is 34.6 Å². The molecule has 1 aromatic carbocycles. The Hall–Kier alpha value is -2.35. The lowest BCUT2D eigenvalue weighted by atomic mass is 9.95. The lowest BCUT2D eigenvalue weighted by molar-refractivity contribution is -0.139. The molecule has 0 aliphatic heterocycles. The molecule has 28 heavy (non-hydrogen) atoms. The highest BCUT2D eigenvalue weighted by atomic mass is 32.2. The van der Waals surface area contributed by atoms with Crippen LogP contribution in [0.4, 0.5) is 0 Å². The molecule has 8 heteroatoms. The number of benzene rings is 1. The third kappa shape index (κ3) is 4.38. The van der Waals surface area contributed by atoms with Gasteiger partial charge in [0.2, 0.25) is 0 Å². The summed E-state index contributed by atoms with van der Waals surface area (Å²) in [5.74, 6) is -0.754. The van der Waals surface area contributed by atoms with E-state index in [2.05, 4.69) is 4.98 Å². The van der Waals surface area contributed by atoms with Crippen molar-refractivity contribution in [3.8, 4) is 0 Å². The van der Waals surface area contributed by atoms with Crippen LogP contribution >= 0.6 is 11.8 Å². The number of fused-ring (bicyclic) bond motifs is 1. The van der Waals surface area contributed by atoms with Gasteiger partial charge in [-0.3, -0.25) is 14.2 Å². The zero-order chi connectivity index (χ0) is 20.1. The molecule has 0 radical (unpaired) electrons. The summed E-state index contributed by atoms with van der Waals surface area (Å²) >= 11 is 1.20. The van der Waals surface area contributed by atoms with Crippen LogP contribution in [-0.2, 0) is 14.3 Å². The SMILES string of the molecule is CCOC(=O)CSc1nc2cc(C(=O)OC)ccc2c(=O)n1C1CCCCC1. The molecular formula is C20H24N2O5S. The van der Waals surface area contributed by atoms with E-state index in [4.69, 9.17) is 9.47 Å². The van der Waals surface area contributed by atoms with Crippen molar-refractivity contribution in [1.29, 1.82) is 0 Å². The molecule has 3 rings (SSSR count). The summed E-state index contributed by atoms with van der Waals surface area (Å²) in [6.07, 6.45) is 5.14. The number of carbonyl (C=O) groups excluding carboxylic acids is 2. The van der Waals surface area contributed by atoms with Crippen molar-refractivity contribution in [3.63, 3.8) is 0 Å². The maximum Gasteiger partial charge on any atom is 0.337 e. The Kier molecular flexibility index (Phi) is 6.72. The molecule has 1 aliphatic carbocycles. The molecule has 0 unspecified atom stereocenters. The Morgan fingerprint density at radius 1 is 1.25 bits per heavy atom. The number of ether oxygens (including phenoxy) is 2. The van der Waals surface area contributed by atoms with Gasteiger partial charge in [-0.15, -0.1) is 0 Å². The zero-order valence-corrected chi connectivity index (χ0v) is 16.9. The Bertz CT molecular complexity index is 934. The molecule has 1 aliphatic rings. The van der Waals surface area contributed by atoms with Crippen LogP contribution in [0.25, 0.3) is 10.9 Å². The molecule has 1 saturated carbocycles. The molecule has 0 bridgehead atoms. The number of methoxy groups -OCH3 is 1. The van der Waals surface area contributed by atoms with E-state index >= 15 is 0 Å². The molecule has 2 aromatic rings. The number of hydrogen-bond acceptors (Lipinski definition) is 7. The number of rotatable bonds is 6.